The van der Waals surface area contributed by atoms with E-state index in [-0.39, 0.29) is 10.6 Å². The highest BCUT2D eigenvalue weighted by Crippen LogP contribution is 2.27. The molecule has 0 unspecified atom stereocenters. The molecule has 0 spiro atoms. The van der Waals surface area contributed by atoms with Crippen molar-refractivity contribution in [1.29, 1.82) is 0 Å². The van der Waals surface area contributed by atoms with Crippen molar-refractivity contribution in [3.63, 3.8) is 0 Å². The quantitative estimate of drug-likeness (QED) is 0.516. The molecule has 0 aromatic heterocycles. The maximum Gasteiger partial charge on any atom is 0.269 e. The number of nitrogens with one attached hydrogen (secondary N) is 1. The van der Waals surface area contributed by atoms with Crippen LogP contribution in [0.5, 0.6) is 0 Å². The maximum atomic E-state index is 13.0. The van der Waals surface area contributed by atoms with Gasteiger partial charge in [-0.25, -0.2) is 8.42 Å². The van der Waals surface area contributed by atoms with E-state index in [9.17, 15) is 18.5 Å². The number of nitro groups is 1. The van der Waals surface area contributed by atoms with Crippen molar-refractivity contribution < 1.29 is 13.3 Å². The van der Waals surface area contributed by atoms with Gasteiger partial charge in [-0.15, -0.1) is 0 Å². The van der Waals surface area contributed by atoms with E-state index in [2.05, 4.69) is 4.72 Å². The van der Waals surface area contributed by atoms with Crippen molar-refractivity contribution in [2.45, 2.75) is 17.9 Å². The highest BCUT2D eigenvalue weighted by Gasteiger charge is 2.25. The lowest BCUT2D eigenvalue weighted by atomic mass is 10.00. The van der Waals surface area contributed by atoms with Gasteiger partial charge in [0.15, 0.2) is 0 Å². The fourth-order valence-electron chi connectivity index (χ4n) is 2.89. The normalized spacial score (nSPS) is 11.5. The third kappa shape index (κ3) is 4.21. The minimum atomic E-state index is -3.90. The van der Waals surface area contributed by atoms with E-state index >= 15 is 0 Å². The van der Waals surface area contributed by atoms with Crippen LogP contribution in [0.25, 0.3) is 0 Å². The smallest absolute Gasteiger partial charge is 0.258 e. The Morgan fingerprint density at radius 3 is 1.85 bits per heavy atom. The fourth-order valence-corrected chi connectivity index (χ4v) is 4.33. The Morgan fingerprint density at radius 1 is 0.889 bits per heavy atom. The first kappa shape index (κ1) is 18.8. The van der Waals surface area contributed by atoms with Crippen LogP contribution >= 0.6 is 0 Å². The number of nitrogens with zero attached hydrogens (tertiary/aromatic N) is 1. The Morgan fingerprint density at radius 2 is 1.41 bits per heavy atom. The van der Waals surface area contributed by atoms with Crippen LogP contribution in [0.4, 0.5) is 5.69 Å². The first-order valence-electron chi connectivity index (χ1n) is 8.26. The van der Waals surface area contributed by atoms with E-state index in [0.29, 0.717) is 5.56 Å². The topological polar surface area (TPSA) is 89.3 Å². The second-order valence-corrected chi connectivity index (χ2v) is 7.76. The van der Waals surface area contributed by atoms with Gasteiger partial charge in [-0.2, -0.15) is 4.72 Å². The van der Waals surface area contributed by atoms with E-state index in [0.717, 1.165) is 11.1 Å². The molecule has 0 aliphatic carbocycles. The van der Waals surface area contributed by atoms with E-state index in [1.807, 2.05) is 60.7 Å². The van der Waals surface area contributed by atoms with Crippen molar-refractivity contribution in [3.8, 4) is 0 Å². The number of rotatable bonds is 6. The average Bonchev–Trinajstić information content (AvgIpc) is 2.67. The summed E-state index contributed by atoms with van der Waals surface area (Å²) < 4.78 is 28.8. The zero-order chi connectivity index (χ0) is 19.4. The van der Waals surface area contributed by atoms with Crippen molar-refractivity contribution >= 4 is 15.7 Å². The summed E-state index contributed by atoms with van der Waals surface area (Å²) in [6, 6.07) is 21.6. The van der Waals surface area contributed by atoms with E-state index in [4.69, 9.17) is 0 Å². The van der Waals surface area contributed by atoms with Gasteiger partial charge in [-0.1, -0.05) is 60.7 Å². The van der Waals surface area contributed by atoms with Gasteiger partial charge >= 0.3 is 0 Å². The molecule has 0 aliphatic heterocycles. The average molecular weight is 382 g/mol. The molecule has 0 aliphatic rings. The van der Waals surface area contributed by atoms with Gasteiger partial charge in [0.1, 0.15) is 0 Å². The van der Waals surface area contributed by atoms with Crippen molar-refractivity contribution in [3.05, 3.63) is 106 Å². The zero-order valence-corrected chi connectivity index (χ0v) is 15.4. The SMILES string of the molecule is Cc1cc([N+](=O)[O-])ccc1S(=O)(=O)NC(c1ccccc1)c1ccccc1. The second kappa shape index (κ2) is 7.69. The van der Waals surface area contributed by atoms with Gasteiger partial charge in [0.2, 0.25) is 10.0 Å². The summed E-state index contributed by atoms with van der Waals surface area (Å²) in [7, 11) is -3.90. The highest BCUT2D eigenvalue weighted by molar-refractivity contribution is 7.89. The highest BCUT2D eigenvalue weighted by atomic mass is 32.2. The molecule has 0 atom stereocenters. The van der Waals surface area contributed by atoms with E-state index in [1.54, 1.807) is 6.92 Å². The van der Waals surface area contributed by atoms with Gasteiger partial charge in [-0.05, 0) is 29.7 Å². The Hall–Kier alpha value is -3.03. The molecule has 3 rings (SSSR count). The van der Waals surface area contributed by atoms with Crippen LogP contribution in [0.15, 0.2) is 83.8 Å². The molecule has 0 bridgehead atoms. The molecule has 0 radical (unpaired) electrons. The van der Waals surface area contributed by atoms with E-state index in [1.165, 1.54) is 18.2 Å². The third-order valence-corrected chi connectivity index (χ3v) is 5.78. The Balaban J connectivity index is 2.02. The molecule has 3 aromatic carbocycles. The van der Waals surface area contributed by atoms with Gasteiger partial charge < -0.3 is 0 Å². The predicted molar refractivity (Wildman–Crippen MR) is 103 cm³/mol. The summed E-state index contributed by atoms with van der Waals surface area (Å²) in [5, 5.41) is 10.9. The first-order chi connectivity index (χ1) is 12.9. The Labute approximate surface area is 157 Å². The Bertz CT molecular complexity index is 1010. The molecule has 0 saturated heterocycles. The number of aryl methyl sites for hydroxylation is 1. The number of nitro benzene ring substituents is 1. The van der Waals surface area contributed by atoms with Crippen LogP contribution in [0, 0.1) is 17.0 Å². The fraction of sp³-hybridized carbons (Fsp3) is 0.100. The largest absolute Gasteiger partial charge is 0.269 e. The van der Waals surface area contributed by atoms with Crippen LogP contribution in [-0.2, 0) is 10.0 Å². The molecule has 27 heavy (non-hydrogen) atoms. The summed E-state index contributed by atoms with van der Waals surface area (Å²) in [5.41, 5.74) is 1.77. The molecule has 1 N–H and O–H groups in total. The molecule has 6 nitrogen and oxygen atoms in total. The molecule has 138 valence electrons. The lowest BCUT2D eigenvalue weighted by Gasteiger charge is -2.20. The molecular formula is C20H18N2O4S. The molecular weight excluding hydrogens is 364 g/mol. The zero-order valence-electron chi connectivity index (χ0n) is 14.6. The van der Waals surface area contributed by atoms with Crippen molar-refractivity contribution in [2.75, 3.05) is 0 Å². The van der Waals surface area contributed by atoms with Crippen LogP contribution in [0.1, 0.15) is 22.7 Å². The molecule has 0 saturated carbocycles. The number of hydrogen-bond donors (Lipinski definition) is 1. The third-order valence-electron chi connectivity index (χ3n) is 4.20. The second-order valence-electron chi connectivity index (χ2n) is 6.08. The van der Waals surface area contributed by atoms with Crippen LogP contribution < -0.4 is 4.72 Å². The van der Waals surface area contributed by atoms with Crippen LogP contribution in [-0.4, -0.2) is 13.3 Å². The maximum absolute atomic E-state index is 13.0. The summed E-state index contributed by atoms with van der Waals surface area (Å²) in [6.07, 6.45) is 0. The first-order valence-corrected chi connectivity index (χ1v) is 9.74. The molecule has 0 amide bonds. The minimum absolute atomic E-state index is 0.0185. The molecule has 7 heteroatoms. The van der Waals surface area contributed by atoms with E-state index < -0.39 is 21.0 Å². The lowest BCUT2D eigenvalue weighted by molar-refractivity contribution is -0.385. The summed E-state index contributed by atoms with van der Waals surface area (Å²) in [4.78, 5) is 10.4. The van der Waals surface area contributed by atoms with Gasteiger partial charge in [-0.3, -0.25) is 10.1 Å². The lowest BCUT2D eigenvalue weighted by Crippen LogP contribution is -2.30. The number of benzene rings is 3. The standard InChI is InChI=1S/C20H18N2O4S/c1-15-14-18(22(23)24)12-13-19(15)27(25,26)21-20(16-8-4-2-5-9-16)17-10-6-3-7-11-17/h2-14,20-21H,1H3. The summed E-state index contributed by atoms with van der Waals surface area (Å²) in [5.74, 6) is 0. The van der Waals surface area contributed by atoms with Crippen LogP contribution in [0.3, 0.4) is 0 Å². The van der Waals surface area contributed by atoms with Gasteiger partial charge in [0.25, 0.3) is 5.69 Å². The monoisotopic (exact) mass is 382 g/mol. The Kier molecular flexibility index (Phi) is 5.34. The minimum Gasteiger partial charge on any atom is -0.258 e. The number of non-ortho nitro benzene ring substituents is 1. The summed E-state index contributed by atoms with van der Waals surface area (Å²) >= 11 is 0. The molecule has 0 heterocycles. The van der Waals surface area contributed by atoms with Crippen molar-refractivity contribution in [1.82, 2.24) is 4.72 Å². The summed E-state index contributed by atoms with van der Waals surface area (Å²) in [6.45, 7) is 1.54. The van der Waals surface area contributed by atoms with Gasteiger partial charge in [0, 0.05) is 12.1 Å². The van der Waals surface area contributed by atoms with Gasteiger partial charge in [0.05, 0.1) is 15.9 Å². The number of sulfonamides is 1. The van der Waals surface area contributed by atoms with Crippen LogP contribution in [0.2, 0.25) is 0 Å². The number of hydrogen-bond acceptors (Lipinski definition) is 4. The molecule has 3 aromatic rings. The predicted octanol–water partition coefficient (Wildman–Crippen LogP) is 3.97. The van der Waals surface area contributed by atoms with Crippen molar-refractivity contribution in [2.24, 2.45) is 0 Å². The molecule has 0 fully saturated rings.